The number of hydrogen-bond acceptors (Lipinski definition) is 3. The smallest absolute Gasteiger partial charge is 0.249 e. The number of para-hydroxylation sites is 1. The first-order valence-electron chi connectivity index (χ1n) is 6.80. The normalized spacial score (nSPS) is 11.0. The minimum Gasteiger partial charge on any atom is -0.423 e. The van der Waals surface area contributed by atoms with Gasteiger partial charge in [-0.15, -0.1) is 10.2 Å². The lowest BCUT2D eigenvalue weighted by Crippen LogP contribution is -1.97. The monoisotopic (exact) mass is 275 g/mol. The SMILES string of the molecule is c1ccc(Cn2cc(-c3nnco3)c3ccccc32)cc1. The second-order valence-corrected chi connectivity index (χ2v) is 4.92. The van der Waals surface area contributed by atoms with Crippen LogP contribution in [0.5, 0.6) is 0 Å². The molecule has 21 heavy (non-hydrogen) atoms. The number of nitrogens with zero attached hydrogens (tertiary/aromatic N) is 3. The molecule has 0 spiro atoms. The van der Waals surface area contributed by atoms with E-state index < -0.39 is 0 Å². The van der Waals surface area contributed by atoms with E-state index in [9.17, 15) is 0 Å². The van der Waals surface area contributed by atoms with Crippen LogP contribution in [0, 0.1) is 0 Å². The molecule has 4 aromatic rings. The largest absolute Gasteiger partial charge is 0.423 e. The van der Waals surface area contributed by atoms with Crippen molar-refractivity contribution >= 4 is 10.9 Å². The maximum atomic E-state index is 5.36. The third kappa shape index (κ3) is 2.10. The number of aromatic nitrogens is 3. The van der Waals surface area contributed by atoms with E-state index in [1.54, 1.807) is 0 Å². The van der Waals surface area contributed by atoms with Crippen molar-refractivity contribution in [3.63, 3.8) is 0 Å². The molecule has 0 atom stereocenters. The molecule has 2 aromatic carbocycles. The van der Waals surface area contributed by atoms with E-state index in [0.29, 0.717) is 5.89 Å². The standard InChI is InChI=1S/C17H13N3O/c1-2-6-13(7-3-1)10-20-11-15(17-19-18-12-21-17)14-8-4-5-9-16(14)20/h1-9,11-12H,10H2. The van der Waals surface area contributed by atoms with E-state index in [2.05, 4.69) is 57.4 Å². The molecule has 2 aromatic heterocycles. The van der Waals surface area contributed by atoms with E-state index in [1.807, 2.05) is 18.2 Å². The fourth-order valence-electron chi connectivity index (χ4n) is 2.62. The zero-order valence-corrected chi connectivity index (χ0v) is 11.3. The van der Waals surface area contributed by atoms with Crippen molar-refractivity contribution in [3.05, 3.63) is 72.8 Å². The van der Waals surface area contributed by atoms with Crippen molar-refractivity contribution in [3.8, 4) is 11.5 Å². The fourth-order valence-corrected chi connectivity index (χ4v) is 2.62. The third-order valence-corrected chi connectivity index (χ3v) is 3.57. The number of benzene rings is 2. The lowest BCUT2D eigenvalue weighted by Gasteiger charge is -2.05. The quantitative estimate of drug-likeness (QED) is 0.572. The molecule has 0 aliphatic carbocycles. The predicted molar refractivity (Wildman–Crippen MR) is 80.8 cm³/mol. The molecule has 0 amide bonds. The highest BCUT2D eigenvalue weighted by Crippen LogP contribution is 2.29. The Morgan fingerprint density at radius 1 is 0.952 bits per heavy atom. The van der Waals surface area contributed by atoms with Crippen LogP contribution in [0.25, 0.3) is 22.4 Å². The molecule has 0 fully saturated rings. The van der Waals surface area contributed by atoms with Crippen LogP contribution in [0.2, 0.25) is 0 Å². The van der Waals surface area contributed by atoms with E-state index in [1.165, 1.54) is 12.0 Å². The molecule has 4 nitrogen and oxygen atoms in total. The zero-order valence-electron chi connectivity index (χ0n) is 11.3. The molecule has 0 saturated heterocycles. The van der Waals surface area contributed by atoms with Crippen molar-refractivity contribution in [1.82, 2.24) is 14.8 Å². The van der Waals surface area contributed by atoms with Gasteiger partial charge >= 0.3 is 0 Å². The van der Waals surface area contributed by atoms with Gasteiger partial charge in [0.1, 0.15) is 0 Å². The van der Waals surface area contributed by atoms with Gasteiger partial charge < -0.3 is 8.98 Å². The summed E-state index contributed by atoms with van der Waals surface area (Å²) in [6.45, 7) is 0.815. The molecule has 4 rings (SSSR count). The van der Waals surface area contributed by atoms with E-state index >= 15 is 0 Å². The van der Waals surface area contributed by atoms with E-state index in [4.69, 9.17) is 4.42 Å². The molecule has 4 heteroatoms. The Labute approximate surface area is 121 Å². The summed E-state index contributed by atoms with van der Waals surface area (Å²) in [5.41, 5.74) is 3.39. The van der Waals surface area contributed by atoms with E-state index in [0.717, 1.165) is 23.0 Å². The summed E-state index contributed by atoms with van der Waals surface area (Å²) >= 11 is 0. The molecular formula is C17H13N3O. The predicted octanol–water partition coefficient (Wildman–Crippen LogP) is 3.74. The Morgan fingerprint density at radius 3 is 2.57 bits per heavy atom. The molecule has 0 N–H and O–H groups in total. The van der Waals surface area contributed by atoms with Crippen LogP contribution in [-0.2, 0) is 6.54 Å². The minimum absolute atomic E-state index is 0.554. The Hall–Kier alpha value is -2.88. The fraction of sp³-hybridized carbons (Fsp3) is 0.0588. The van der Waals surface area contributed by atoms with Gasteiger partial charge in [-0.2, -0.15) is 0 Å². The topological polar surface area (TPSA) is 43.9 Å². The lowest BCUT2D eigenvalue weighted by atomic mass is 10.2. The Kier molecular flexibility index (Phi) is 2.78. The molecule has 0 aliphatic heterocycles. The Balaban J connectivity index is 1.86. The Morgan fingerprint density at radius 2 is 1.76 bits per heavy atom. The molecule has 0 unspecified atom stereocenters. The zero-order chi connectivity index (χ0) is 14.1. The van der Waals surface area contributed by atoms with E-state index in [-0.39, 0.29) is 0 Å². The number of rotatable bonds is 3. The van der Waals surface area contributed by atoms with Crippen LogP contribution in [0.1, 0.15) is 5.56 Å². The van der Waals surface area contributed by atoms with Crippen molar-refractivity contribution in [1.29, 1.82) is 0 Å². The van der Waals surface area contributed by atoms with Crippen LogP contribution in [0.4, 0.5) is 0 Å². The second kappa shape index (κ2) is 4.90. The summed E-state index contributed by atoms with van der Waals surface area (Å²) in [5, 5.41) is 8.92. The van der Waals surface area contributed by atoms with Gasteiger partial charge in [-0.1, -0.05) is 48.5 Å². The van der Waals surface area contributed by atoms with Crippen LogP contribution in [-0.4, -0.2) is 14.8 Å². The average molecular weight is 275 g/mol. The highest BCUT2D eigenvalue weighted by atomic mass is 16.4. The van der Waals surface area contributed by atoms with Gasteiger partial charge in [0.25, 0.3) is 0 Å². The van der Waals surface area contributed by atoms with Gasteiger partial charge in [-0.05, 0) is 11.6 Å². The van der Waals surface area contributed by atoms with Crippen LogP contribution in [0.3, 0.4) is 0 Å². The third-order valence-electron chi connectivity index (χ3n) is 3.57. The maximum Gasteiger partial charge on any atom is 0.249 e. The summed E-state index contributed by atoms with van der Waals surface area (Å²) in [4.78, 5) is 0. The molecule has 0 aliphatic rings. The van der Waals surface area contributed by atoms with Gasteiger partial charge in [0.15, 0.2) is 0 Å². The van der Waals surface area contributed by atoms with Crippen LogP contribution >= 0.6 is 0 Å². The lowest BCUT2D eigenvalue weighted by molar-refractivity contribution is 0.569. The minimum atomic E-state index is 0.554. The molecule has 102 valence electrons. The van der Waals surface area contributed by atoms with Gasteiger partial charge in [0, 0.05) is 23.6 Å². The van der Waals surface area contributed by atoms with Gasteiger partial charge in [-0.3, -0.25) is 0 Å². The first kappa shape index (κ1) is 11.9. The van der Waals surface area contributed by atoms with Gasteiger partial charge in [-0.25, -0.2) is 0 Å². The average Bonchev–Trinajstić information content (AvgIpc) is 3.17. The van der Waals surface area contributed by atoms with Crippen molar-refractivity contribution in [2.45, 2.75) is 6.54 Å². The molecule has 0 saturated carbocycles. The highest BCUT2D eigenvalue weighted by Gasteiger charge is 2.13. The summed E-state index contributed by atoms with van der Waals surface area (Å²) in [5.74, 6) is 0.554. The maximum absolute atomic E-state index is 5.36. The molecule has 0 radical (unpaired) electrons. The van der Waals surface area contributed by atoms with Crippen molar-refractivity contribution < 1.29 is 4.42 Å². The van der Waals surface area contributed by atoms with Crippen molar-refractivity contribution in [2.24, 2.45) is 0 Å². The van der Waals surface area contributed by atoms with Gasteiger partial charge in [0.2, 0.25) is 12.3 Å². The summed E-state index contributed by atoms with van der Waals surface area (Å²) in [7, 11) is 0. The molecule has 2 heterocycles. The van der Waals surface area contributed by atoms with Crippen LogP contribution < -0.4 is 0 Å². The number of hydrogen-bond donors (Lipinski definition) is 0. The first-order chi connectivity index (χ1) is 10.4. The second-order valence-electron chi connectivity index (χ2n) is 4.92. The highest BCUT2D eigenvalue weighted by molar-refractivity contribution is 5.94. The Bertz CT molecular complexity index is 864. The summed E-state index contributed by atoms with van der Waals surface area (Å²) in [6, 6.07) is 18.6. The summed E-state index contributed by atoms with van der Waals surface area (Å²) in [6.07, 6.45) is 3.43. The van der Waals surface area contributed by atoms with Gasteiger partial charge in [0.05, 0.1) is 5.56 Å². The molecular weight excluding hydrogens is 262 g/mol. The first-order valence-corrected chi connectivity index (χ1v) is 6.80. The van der Waals surface area contributed by atoms with Crippen molar-refractivity contribution in [2.75, 3.05) is 0 Å². The number of fused-ring (bicyclic) bond motifs is 1. The molecule has 0 bridgehead atoms. The van der Waals surface area contributed by atoms with Crippen LogP contribution in [0.15, 0.2) is 71.6 Å². The summed E-state index contributed by atoms with van der Waals surface area (Å²) < 4.78 is 7.57.